The van der Waals surface area contributed by atoms with Crippen LogP contribution in [0.5, 0.6) is 0 Å². The van der Waals surface area contributed by atoms with E-state index in [1.807, 2.05) is 0 Å². The monoisotopic (exact) mass is 378 g/mol. The molecule has 154 valence electrons. The van der Waals surface area contributed by atoms with E-state index >= 15 is 0 Å². The third-order valence-electron chi connectivity index (χ3n) is 3.94. The summed E-state index contributed by atoms with van der Waals surface area (Å²) in [7, 11) is 0. The first-order chi connectivity index (χ1) is 12.0. The fraction of sp³-hybridized carbons (Fsp3) is 0.952. The summed E-state index contributed by atoms with van der Waals surface area (Å²) in [5.41, 5.74) is 0. The van der Waals surface area contributed by atoms with E-state index < -0.39 is 5.97 Å². The molecule has 0 saturated heterocycles. The molecule has 0 spiro atoms. The second-order valence-electron chi connectivity index (χ2n) is 6.66. The molecule has 3 nitrogen and oxygen atoms in total. The molecule has 0 aliphatic rings. The van der Waals surface area contributed by atoms with Gasteiger partial charge in [-0.05, 0) is 25.0 Å². The van der Waals surface area contributed by atoms with Gasteiger partial charge in [-0.15, -0.1) is 0 Å². The molecule has 0 aliphatic carbocycles. The minimum atomic E-state index is -0.670. The van der Waals surface area contributed by atoms with E-state index in [4.69, 9.17) is 10.2 Å². The van der Waals surface area contributed by atoms with Crippen LogP contribution in [-0.2, 0) is 4.79 Å². The minimum Gasteiger partial charge on any atom is -0.481 e. The van der Waals surface area contributed by atoms with Crippen LogP contribution in [0.3, 0.4) is 0 Å². The molecule has 2 N–H and O–H groups in total. The number of hydrogen-bond donors (Lipinski definition) is 3. The average molecular weight is 379 g/mol. The largest absolute Gasteiger partial charge is 0.481 e. The number of rotatable bonds is 14. The fourth-order valence-corrected chi connectivity index (χ4v) is 2.27. The van der Waals surface area contributed by atoms with Crippen LogP contribution in [0.2, 0.25) is 0 Å². The maximum Gasteiger partial charge on any atom is 0.306 e. The van der Waals surface area contributed by atoms with Gasteiger partial charge in [0.25, 0.3) is 0 Å². The zero-order chi connectivity index (χ0) is 19.8. The molecule has 0 radical (unpaired) electrons. The van der Waals surface area contributed by atoms with Gasteiger partial charge in [-0.2, -0.15) is 12.6 Å². The Morgan fingerprint density at radius 1 is 0.800 bits per heavy atom. The van der Waals surface area contributed by atoms with Gasteiger partial charge in [0.2, 0.25) is 0 Å². The van der Waals surface area contributed by atoms with Crippen molar-refractivity contribution in [2.24, 2.45) is 5.92 Å². The third kappa shape index (κ3) is 35.7. The van der Waals surface area contributed by atoms with Crippen LogP contribution in [0.1, 0.15) is 111 Å². The van der Waals surface area contributed by atoms with Crippen LogP contribution in [0.4, 0.5) is 0 Å². The van der Waals surface area contributed by atoms with Crippen molar-refractivity contribution in [2.45, 2.75) is 111 Å². The molecule has 0 aromatic heterocycles. The van der Waals surface area contributed by atoms with Gasteiger partial charge in [-0.1, -0.05) is 91.9 Å². The standard InChI is InChI=1S/C9H20S.C8H16O2.C4H10O/c1-2-3-4-5-6-7-8-9-10;1-3-4-5-6-7(2)8(9)10;1-2-3-4-5/h10H,2-9H2,1H3;7H,3-6H2,1-2H3,(H,9,10);5H,2-4H2,1H3. The normalized spacial score (nSPS) is 11.0. The Morgan fingerprint density at radius 3 is 1.60 bits per heavy atom. The summed E-state index contributed by atoms with van der Waals surface area (Å²) >= 11 is 4.16. The van der Waals surface area contributed by atoms with Gasteiger partial charge in [0.1, 0.15) is 0 Å². The minimum absolute atomic E-state index is 0.161. The Morgan fingerprint density at radius 2 is 1.24 bits per heavy atom. The van der Waals surface area contributed by atoms with E-state index in [2.05, 4.69) is 33.4 Å². The molecule has 0 aliphatic heterocycles. The summed E-state index contributed by atoms with van der Waals surface area (Å²) in [6, 6.07) is 0. The molecule has 0 heterocycles. The van der Waals surface area contributed by atoms with Crippen LogP contribution in [0, 0.1) is 5.92 Å². The molecule has 4 heteroatoms. The lowest BCUT2D eigenvalue weighted by molar-refractivity contribution is -0.141. The Hall–Kier alpha value is -0.220. The summed E-state index contributed by atoms with van der Waals surface area (Å²) in [4.78, 5) is 10.3. The molecule has 0 bridgehead atoms. The molecule has 0 aromatic carbocycles. The molecule has 1 atom stereocenters. The summed E-state index contributed by atoms with van der Waals surface area (Å²) in [5, 5.41) is 16.5. The van der Waals surface area contributed by atoms with Gasteiger partial charge in [0.05, 0.1) is 5.92 Å². The zero-order valence-corrected chi connectivity index (χ0v) is 18.3. The first-order valence-corrected chi connectivity index (χ1v) is 11.1. The van der Waals surface area contributed by atoms with Gasteiger partial charge in [0, 0.05) is 6.61 Å². The van der Waals surface area contributed by atoms with Gasteiger partial charge in [-0.25, -0.2) is 0 Å². The van der Waals surface area contributed by atoms with E-state index in [0.717, 1.165) is 44.3 Å². The van der Waals surface area contributed by atoms with Gasteiger partial charge < -0.3 is 10.2 Å². The average Bonchev–Trinajstić information content (AvgIpc) is 2.60. The van der Waals surface area contributed by atoms with Crippen molar-refractivity contribution < 1.29 is 15.0 Å². The van der Waals surface area contributed by atoms with E-state index in [-0.39, 0.29) is 5.92 Å². The Bertz CT molecular complexity index is 225. The van der Waals surface area contributed by atoms with Crippen molar-refractivity contribution in [2.75, 3.05) is 12.4 Å². The van der Waals surface area contributed by atoms with Gasteiger partial charge in [-0.3, -0.25) is 4.79 Å². The predicted octanol–water partition coefficient (Wildman–Crippen LogP) is 6.73. The Balaban J connectivity index is -0.000000308. The second-order valence-corrected chi connectivity index (χ2v) is 7.10. The lowest BCUT2D eigenvalue weighted by atomic mass is 10.0. The number of aliphatic carboxylic acids is 1. The van der Waals surface area contributed by atoms with Crippen molar-refractivity contribution in [1.82, 2.24) is 0 Å². The third-order valence-corrected chi connectivity index (χ3v) is 4.25. The van der Waals surface area contributed by atoms with Crippen molar-refractivity contribution >= 4 is 18.6 Å². The highest BCUT2D eigenvalue weighted by Gasteiger charge is 2.08. The van der Waals surface area contributed by atoms with Crippen LogP contribution < -0.4 is 0 Å². The molecule has 0 fully saturated rings. The van der Waals surface area contributed by atoms with Crippen molar-refractivity contribution in [3.05, 3.63) is 0 Å². The van der Waals surface area contributed by atoms with Crippen LogP contribution >= 0.6 is 12.6 Å². The quantitative estimate of drug-likeness (QED) is 0.232. The van der Waals surface area contributed by atoms with E-state index in [0.29, 0.717) is 6.61 Å². The lowest BCUT2D eigenvalue weighted by Crippen LogP contribution is -2.08. The number of carboxylic acids is 1. The smallest absolute Gasteiger partial charge is 0.306 e. The highest BCUT2D eigenvalue weighted by Crippen LogP contribution is 2.08. The summed E-state index contributed by atoms with van der Waals surface area (Å²) in [6.07, 6.45) is 16.0. The molecule has 0 amide bonds. The summed E-state index contributed by atoms with van der Waals surface area (Å²) in [5.74, 6) is 0.232. The maximum absolute atomic E-state index is 10.3. The predicted molar refractivity (Wildman–Crippen MR) is 115 cm³/mol. The van der Waals surface area contributed by atoms with E-state index in [9.17, 15) is 4.79 Å². The van der Waals surface area contributed by atoms with Crippen molar-refractivity contribution in [3.63, 3.8) is 0 Å². The van der Waals surface area contributed by atoms with Gasteiger partial charge in [0.15, 0.2) is 0 Å². The van der Waals surface area contributed by atoms with Crippen LogP contribution in [-0.4, -0.2) is 28.5 Å². The summed E-state index contributed by atoms with van der Waals surface area (Å²) < 4.78 is 0. The molecular formula is C21H46O3S. The zero-order valence-electron chi connectivity index (χ0n) is 17.4. The number of aliphatic hydroxyl groups is 1. The van der Waals surface area contributed by atoms with Crippen LogP contribution in [0.15, 0.2) is 0 Å². The number of thiol groups is 1. The number of carboxylic acid groups (broad SMARTS) is 1. The fourth-order valence-electron chi connectivity index (χ4n) is 2.05. The van der Waals surface area contributed by atoms with Gasteiger partial charge >= 0.3 is 5.97 Å². The second kappa shape index (κ2) is 28.6. The molecule has 0 aromatic rings. The SMILES string of the molecule is CCCCCC(C)C(=O)O.CCCCCCCCCS.CCCCO. The van der Waals surface area contributed by atoms with E-state index in [1.54, 1.807) is 6.92 Å². The molecule has 0 saturated carbocycles. The summed E-state index contributed by atoms with van der Waals surface area (Å²) in [6.45, 7) is 8.53. The number of hydrogen-bond acceptors (Lipinski definition) is 3. The number of aliphatic hydroxyl groups excluding tert-OH is 1. The maximum atomic E-state index is 10.3. The topological polar surface area (TPSA) is 57.5 Å². The highest BCUT2D eigenvalue weighted by molar-refractivity contribution is 7.80. The van der Waals surface area contributed by atoms with Crippen molar-refractivity contribution in [3.8, 4) is 0 Å². The molecule has 25 heavy (non-hydrogen) atoms. The molecule has 0 rings (SSSR count). The first-order valence-electron chi connectivity index (χ1n) is 10.5. The van der Waals surface area contributed by atoms with Crippen molar-refractivity contribution in [1.29, 1.82) is 0 Å². The molecular weight excluding hydrogens is 332 g/mol. The molecule has 1 unspecified atom stereocenters. The lowest BCUT2D eigenvalue weighted by Gasteiger charge is -2.03. The Labute approximate surface area is 163 Å². The van der Waals surface area contributed by atoms with Crippen LogP contribution in [0.25, 0.3) is 0 Å². The number of carbonyl (C=O) groups is 1. The van der Waals surface area contributed by atoms with E-state index in [1.165, 1.54) is 44.9 Å². The number of unbranched alkanes of at least 4 members (excludes halogenated alkanes) is 9. The first kappa shape index (κ1) is 29.5. The highest BCUT2D eigenvalue weighted by atomic mass is 32.1. The Kier molecular flexibility index (Phi) is 33.8.